The Morgan fingerprint density at radius 3 is 2.55 bits per heavy atom. The van der Waals surface area contributed by atoms with E-state index < -0.39 is 11.8 Å². The maximum atomic E-state index is 12.4. The van der Waals surface area contributed by atoms with Crippen molar-refractivity contribution < 1.29 is 14.4 Å². The van der Waals surface area contributed by atoms with E-state index in [-0.39, 0.29) is 18.6 Å². The lowest BCUT2D eigenvalue weighted by Crippen LogP contribution is -2.41. The van der Waals surface area contributed by atoms with Gasteiger partial charge in [-0.15, -0.1) is 0 Å². The van der Waals surface area contributed by atoms with E-state index in [1.165, 1.54) is 17.5 Å². The average molecular weight is 389 g/mol. The van der Waals surface area contributed by atoms with Crippen molar-refractivity contribution in [2.75, 3.05) is 0 Å². The van der Waals surface area contributed by atoms with Crippen molar-refractivity contribution in [3.8, 4) is 0 Å². The fraction of sp³-hybridized carbons (Fsp3) is 0.261. The van der Waals surface area contributed by atoms with Crippen molar-refractivity contribution in [1.29, 1.82) is 0 Å². The van der Waals surface area contributed by atoms with Crippen LogP contribution >= 0.6 is 0 Å². The van der Waals surface area contributed by atoms with Gasteiger partial charge >= 0.3 is 0 Å². The molecule has 3 aromatic rings. The summed E-state index contributed by atoms with van der Waals surface area (Å²) in [6.45, 7) is 0. The van der Waals surface area contributed by atoms with Gasteiger partial charge < -0.3 is 4.98 Å². The van der Waals surface area contributed by atoms with E-state index in [2.05, 4.69) is 15.8 Å². The largest absolute Gasteiger partial charge is 0.360 e. The summed E-state index contributed by atoms with van der Waals surface area (Å²) in [7, 11) is 0. The van der Waals surface area contributed by atoms with Gasteiger partial charge in [0.15, 0.2) is 5.78 Å². The highest BCUT2D eigenvalue weighted by Gasteiger charge is 2.15. The first-order chi connectivity index (χ1) is 14.1. The smallest absolute Gasteiger partial charge is 0.271 e. The van der Waals surface area contributed by atoms with E-state index >= 15 is 0 Å². The van der Waals surface area contributed by atoms with E-state index in [1.807, 2.05) is 42.5 Å². The molecule has 3 N–H and O–H groups in total. The van der Waals surface area contributed by atoms with E-state index in [0.717, 1.165) is 30.2 Å². The van der Waals surface area contributed by atoms with Gasteiger partial charge in [0.25, 0.3) is 5.91 Å². The molecule has 2 aromatic carbocycles. The Kier molecular flexibility index (Phi) is 5.42. The summed E-state index contributed by atoms with van der Waals surface area (Å²) in [4.78, 5) is 39.8. The summed E-state index contributed by atoms with van der Waals surface area (Å²) < 4.78 is 0. The number of benzene rings is 2. The van der Waals surface area contributed by atoms with Gasteiger partial charge in [-0.3, -0.25) is 25.2 Å². The minimum atomic E-state index is -0.406. The quantitative estimate of drug-likeness (QED) is 0.461. The second kappa shape index (κ2) is 8.31. The van der Waals surface area contributed by atoms with Gasteiger partial charge in [0, 0.05) is 35.5 Å². The molecule has 1 heterocycles. The van der Waals surface area contributed by atoms with Crippen LogP contribution in [0.4, 0.5) is 0 Å². The summed E-state index contributed by atoms with van der Waals surface area (Å²) in [5.74, 6) is -0.863. The topological polar surface area (TPSA) is 91.1 Å². The minimum Gasteiger partial charge on any atom is -0.360 e. The molecule has 0 spiro atoms. The molecule has 0 aliphatic heterocycles. The number of hydrazine groups is 1. The molecule has 0 unspecified atom stereocenters. The van der Waals surface area contributed by atoms with Gasteiger partial charge in [-0.2, -0.15) is 0 Å². The number of carbonyl (C=O) groups is 3. The number of hydrogen-bond donors (Lipinski definition) is 3. The molecule has 4 rings (SSSR count). The van der Waals surface area contributed by atoms with Crippen LogP contribution in [0.15, 0.2) is 48.7 Å². The van der Waals surface area contributed by atoms with Gasteiger partial charge in [-0.05, 0) is 48.9 Å². The number of aryl methyl sites for hydroxylation is 2. The Morgan fingerprint density at radius 2 is 1.69 bits per heavy atom. The third-order valence-electron chi connectivity index (χ3n) is 5.40. The number of para-hydroxylation sites is 1. The Labute approximate surface area is 168 Å². The van der Waals surface area contributed by atoms with E-state index in [9.17, 15) is 14.4 Å². The number of H-pyrrole nitrogens is 1. The van der Waals surface area contributed by atoms with Crippen molar-refractivity contribution in [2.24, 2.45) is 0 Å². The van der Waals surface area contributed by atoms with Crippen LogP contribution in [0, 0.1) is 0 Å². The number of nitrogens with one attached hydrogen (secondary N) is 3. The lowest BCUT2D eigenvalue weighted by Gasteiger charge is -2.16. The van der Waals surface area contributed by atoms with Crippen molar-refractivity contribution in [1.82, 2.24) is 15.8 Å². The first-order valence-corrected chi connectivity index (χ1v) is 9.92. The Morgan fingerprint density at radius 1 is 0.897 bits per heavy atom. The number of Topliss-reactive ketones (excluding diaryl/α,β-unsaturated/α-hetero) is 1. The standard InChI is InChI=1S/C23H23N3O3/c27-21(17-10-9-15-5-1-2-6-16(15)13-17)11-12-22(28)25-26-23(29)19-14-24-20-8-4-3-7-18(19)20/h3-4,7-10,13-14,24H,1-2,5-6,11-12H2,(H,25,28)(H,26,29). The van der Waals surface area contributed by atoms with Crippen molar-refractivity contribution >= 4 is 28.5 Å². The molecule has 0 bridgehead atoms. The molecule has 0 atom stereocenters. The molecule has 148 valence electrons. The highest BCUT2D eigenvalue weighted by atomic mass is 16.2. The lowest BCUT2D eigenvalue weighted by atomic mass is 9.89. The molecule has 6 heteroatoms. The highest BCUT2D eigenvalue weighted by Crippen LogP contribution is 2.23. The van der Waals surface area contributed by atoms with E-state index in [4.69, 9.17) is 0 Å². The summed E-state index contributed by atoms with van der Waals surface area (Å²) >= 11 is 0. The maximum absolute atomic E-state index is 12.4. The first kappa shape index (κ1) is 18.9. The van der Waals surface area contributed by atoms with Crippen LogP contribution in [0.2, 0.25) is 0 Å². The van der Waals surface area contributed by atoms with Crippen molar-refractivity contribution in [3.05, 3.63) is 70.9 Å². The summed E-state index contributed by atoms with van der Waals surface area (Å²) in [5, 5.41) is 0.779. The molecule has 0 radical (unpaired) electrons. The molecule has 1 aliphatic rings. The molecule has 2 amide bonds. The zero-order valence-electron chi connectivity index (χ0n) is 16.1. The lowest BCUT2D eigenvalue weighted by molar-refractivity contribution is -0.121. The van der Waals surface area contributed by atoms with Gasteiger partial charge in [-0.25, -0.2) is 0 Å². The normalized spacial score (nSPS) is 13.0. The minimum absolute atomic E-state index is 0.0179. The van der Waals surface area contributed by atoms with Crippen LogP contribution in [0.1, 0.15) is 57.5 Å². The third kappa shape index (κ3) is 4.21. The predicted molar refractivity (Wildman–Crippen MR) is 111 cm³/mol. The maximum Gasteiger partial charge on any atom is 0.271 e. The Hall–Kier alpha value is -3.41. The van der Waals surface area contributed by atoms with Crippen LogP contribution in [0.5, 0.6) is 0 Å². The number of rotatable bonds is 5. The molecule has 0 fully saturated rings. The second-order valence-electron chi connectivity index (χ2n) is 7.36. The molecule has 0 saturated heterocycles. The van der Waals surface area contributed by atoms with Crippen LogP contribution in [-0.2, 0) is 17.6 Å². The molecule has 1 aliphatic carbocycles. The zero-order chi connectivity index (χ0) is 20.2. The molecule has 29 heavy (non-hydrogen) atoms. The van der Waals surface area contributed by atoms with Gasteiger partial charge in [0.2, 0.25) is 5.91 Å². The number of fused-ring (bicyclic) bond motifs is 2. The van der Waals surface area contributed by atoms with Gasteiger partial charge in [0.1, 0.15) is 0 Å². The van der Waals surface area contributed by atoms with E-state index in [0.29, 0.717) is 11.1 Å². The van der Waals surface area contributed by atoms with Crippen molar-refractivity contribution in [2.45, 2.75) is 38.5 Å². The molecule has 6 nitrogen and oxygen atoms in total. The van der Waals surface area contributed by atoms with Crippen LogP contribution in [-0.4, -0.2) is 22.6 Å². The number of ketones is 1. The average Bonchev–Trinajstić information content (AvgIpc) is 3.19. The van der Waals surface area contributed by atoms with Gasteiger partial charge in [0.05, 0.1) is 5.56 Å². The van der Waals surface area contributed by atoms with Crippen LogP contribution in [0.25, 0.3) is 10.9 Å². The second-order valence-corrected chi connectivity index (χ2v) is 7.36. The third-order valence-corrected chi connectivity index (χ3v) is 5.40. The summed E-state index contributed by atoms with van der Waals surface area (Å²) in [5.41, 5.74) is 9.32. The summed E-state index contributed by atoms with van der Waals surface area (Å²) in [6, 6.07) is 13.3. The molecular formula is C23H23N3O3. The Balaban J connectivity index is 1.29. The summed E-state index contributed by atoms with van der Waals surface area (Å²) in [6.07, 6.45) is 6.16. The monoisotopic (exact) mass is 389 g/mol. The van der Waals surface area contributed by atoms with E-state index in [1.54, 1.807) is 6.20 Å². The first-order valence-electron chi connectivity index (χ1n) is 9.92. The SMILES string of the molecule is O=C(CCC(=O)c1ccc2c(c1)CCCC2)NNC(=O)c1c[nH]c2ccccc12. The zero-order valence-corrected chi connectivity index (χ0v) is 16.1. The number of carbonyl (C=O) groups excluding carboxylic acids is 3. The highest BCUT2D eigenvalue weighted by molar-refractivity contribution is 6.07. The van der Waals surface area contributed by atoms with Crippen LogP contribution < -0.4 is 10.9 Å². The van der Waals surface area contributed by atoms with Crippen molar-refractivity contribution in [3.63, 3.8) is 0 Å². The number of aromatic nitrogens is 1. The Bertz CT molecular complexity index is 1080. The number of amides is 2. The molecular weight excluding hydrogens is 366 g/mol. The number of hydrogen-bond acceptors (Lipinski definition) is 3. The van der Waals surface area contributed by atoms with Gasteiger partial charge in [-0.1, -0.05) is 30.3 Å². The molecule has 1 aromatic heterocycles. The fourth-order valence-corrected chi connectivity index (χ4v) is 3.79. The predicted octanol–water partition coefficient (Wildman–Crippen LogP) is 3.47. The number of aromatic amines is 1. The molecule has 0 saturated carbocycles. The fourth-order valence-electron chi connectivity index (χ4n) is 3.79. The van der Waals surface area contributed by atoms with Crippen LogP contribution in [0.3, 0.4) is 0 Å².